The van der Waals surface area contributed by atoms with Gasteiger partial charge in [0.1, 0.15) is 5.82 Å². The Morgan fingerprint density at radius 1 is 1.10 bits per heavy atom. The van der Waals surface area contributed by atoms with Crippen molar-refractivity contribution in [3.63, 3.8) is 0 Å². The Hall–Kier alpha value is -1.34. The predicted molar refractivity (Wildman–Crippen MR) is 88.7 cm³/mol. The second-order valence-corrected chi connectivity index (χ2v) is 7.10. The minimum absolute atomic E-state index is 0.119. The van der Waals surface area contributed by atoms with Crippen molar-refractivity contribution < 1.29 is 4.39 Å². The number of rotatable bonds is 3. The number of halogens is 2. The fraction of sp³-hybridized carbons (Fsp3) is 0.368. The Kier molecular flexibility index (Phi) is 4.73. The maximum Gasteiger partial charge on any atom is 0.127 e. The second-order valence-electron chi connectivity index (χ2n) is 6.69. The van der Waals surface area contributed by atoms with E-state index in [1.54, 1.807) is 6.07 Å². The molecule has 0 aromatic heterocycles. The van der Waals surface area contributed by atoms with E-state index in [1.165, 1.54) is 0 Å². The van der Waals surface area contributed by atoms with E-state index in [0.29, 0.717) is 0 Å². The van der Waals surface area contributed by atoms with E-state index in [4.69, 9.17) is 11.6 Å². The number of hydrogen-bond acceptors (Lipinski definition) is 0. The highest BCUT2D eigenvalue weighted by molar-refractivity contribution is 6.31. The summed E-state index contributed by atoms with van der Waals surface area (Å²) < 4.78 is 14.3. The van der Waals surface area contributed by atoms with E-state index in [1.807, 2.05) is 57.2 Å². The van der Waals surface area contributed by atoms with Crippen LogP contribution in [0.5, 0.6) is 0 Å². The van der Waals surface area contributed by atoms with Gasteiger partial charge in [-0.15, -0.1) is 0 Å². The first kappa shape index (κ1) is 16.0. The summed E-state index contributed by atoms with van der Waals surface area (Å²) in [6, 6.07) is 13.4. The summed E-state index contributed by atoms with van der Waals surface area (Å²) in [6.07, 6.45) is 0.783. The fourth-order valence-electron chi connectivity index (χ4n) is 2.63. The molecule has 0 spiro atoms. The quantitative estimate of drug-likeness (QED) is 0.640. The van der Waals surface area contributed by atoms with Crippen molar-refractivity contribution in [1.82, 2.24) is 0 Å². The first-order valence-corrected chi connectivity index (χ1v) is 7.70. The predicted octanol–water partition coefficient (Wildman–Crippen LogP) is 6.12. The largest absolute Gasteiger partial charge is 0.207 e. The van der Waals surface area contributed by atoms with Gasteiger partial charge >= 0.3 is 0 Å². The SMILES string of the molecule is CC(Cc1ccc(C(C)(C)C)c(F)c1)c1ccccc1Cl. The molecule has 0 amide bonds. The Morgan fingerprint density at radius 3 is 2.33 bits per heavy atom. The molecule has 0 aliphatic rings. The molecular weight excluding hydrogens is 283 g/mol. The van der Waals surface area contributed by atoms with Crippen molar-refractivity contribution in [3.8, 4) is 0 Å². The average molecular weight is 305 g/mol. The lowest BCUT2D eigenvalue weighted by molar-refractivity contribution is 0.521. The van der Waals surface area contributed by atoms with Gasteiger partial charge in [-0.3, -0.25) is 0 Å². The van der Waals surface area contributed by atoms with Gasteiger partial charge < -0.3 is 0 Å². The van der Waals surface area contributed by atoms with Crippen LogP contribution < -0.4 is 0 Å². The molecule has 2 aromatic carbocycles. The maximum absolute atomic E-state index is 14.3. The van der Waals surface area contributed by atoms with E-state index in [-0.39, 0.29) is 17.2 Å². The molecule has 21 heavy (non-hydrogen) atoms. The van der Waals surface area contributed by atoms with Gasteiger partial charge in [0.15, 0.2) is 0 Å². The normalized spacial score (nSPS) is 13.2. The van der Waals surface area contributed by atoms with Crippen LogP contribution in [-0.2, 0) is 11.8 Å². The third-order valence-corrected chi connectivity index (χ3v) is 4.16. The van der Waals surface area contributed by atoms with Crippen molar-refractivity contribution >= 4 is 11.6 Å². The van der Waals surface area contributed by atoms with E-state index in [0.717, 1.165) is 28.1 Å². The molecule has 0 aliphatic carbocycles. The van der Waals surface area contributed by atoms with Crippen LogP contribution in [0.1, 0.15) is 50.3 Å². The highest BCUT2D eigenvalue weighted by Crippen LogP contribution is 2.29. The van der Waals surface area contributed by atoms with Gasteiger partial charge in [0.05, 0.1) is 0 Å². The molecule has 0 radical (unpaired) electrons. The summed E-state index contributed by atoms with van der Waals surface area (Å²) in [5, 5.41) is 0.775. The summed E-state index contributed by atoms with van der Waals surface area (Å²) in [5.41, 5.74) is 2.71. The first-order valence-electron chi connectivity index (χ1n) is 7.32. The van der Waals surface area contributed by atoms with Gasteiger partial charge in [-0.05, 0) is 46.6 Å². The minimum Gasteiger partial charge on any atom is -0.207 e. The van der Waals surface area contributed by atoms with E-state index in [9.17, 15) is 4.39 Å². The Morgan fingerprint density at radius 2 is 1.76 bits per heavy atom. The first-order chi connectivity index (χ1) is 9.79. The van der Waals surface area contributed by atoms with E-state index in [2.05, 4.69) is 6.92 Å². The molecule has 0 nitrogen and oxygen atoms in total. The van der Waals surface area contributed by atoms with Crippen LogP contribution in [0.3, 0.4) is 0 Å². The van der Waals surface area contributed by atoms with Gasteiger partial charge in [0.2, 0.25) is 0 Å². The summed E-state index contributed by atoms with van der Waals surface area (Å²) in [7, 11) is 0. The summed E-state index contributed by atoms with van der Waals surface area (Å²) >= 11 is 6.23. The molecule has 2 heteroatoms. The molecule has 1 unspecified atom stereocenters. The van der Waals surface area contributed by atoms with Crippen LogP contribution in [0, 0.1) is 5.82 Å². The Labute approximate surface area is 132 Å². The molecule has 0 saturated carbocycles. The Bertz CT molecular complexity index is 626. The van der Waals surface area contributed by atoms with Crippen LogP contribution in [0.15, 0.2) is 42.5 Å². The van der Waals surface area contributed by atoms with Crippen molar-refractivity contribution in [2.45, 2.75) is 45.4 Å². The molecule has 2 aromatic rings. The molecule has 0 fully saturated rings. The van der Waals surface area contributed by atoms with Crippen LogP contribution in [0.4, 0.5) is 4.39 Å². The van der Waals surface area contributed by atoms with E-state index >= 15 is 0 Å². The van der Waals surface area contributed by atoms with Gasteiger partial charge in [0, 0.05) is 5.02 Å². The average Bonchev–Trinajstić information content (AvgIpc) is 2.37. The zero-order chi connectivity index (χ0) is 15.6. The summed E-state index contributed by atoms with van der Waals surface area (Å²) in [4.78, 5) is 0. The van der Waals surface area contributed by atoms with Gasteiger partial charge in [-0.25, -0.2) is 4.39 Å². The van der Waals surface area contributed by atoms with Crippen LogP contribution in [0.2, 0.25) is 5.02 Å². The van der Waals surface area contributed by atoms with Crippen LogP contribution in [0.25, 0.3) is 0 Å². The number of hydrogen-bond donors (Lipinski definition) is 0. The smallest absolute Gasteiger partial charge is 0.127 e. The highest BCUT2D eigenvalue weighted by atomic mass is 35.5. The lowest BCUT2D eigenvalue weighted by Gasteiger charge is -2.21. The molecule has 2 rings (SSSR count). The van der Waals surface area contributed by atoms with Crippen molar-refractivity contribution in [3.05, 3.63) is 70.0 Å². The molecule has 0 saturated heterocycles. The van der Waals surface area contributed by atoms with Gasteiger partial charge in [-0.1, -0.05) is 69.6 Å². The maximum atomic E-state index is 14.3. The summed E-state index contributed by atoms with van der Waals surface area (Å²) in [5.74, 6) is 0.143. The van der Waals surface area contributed by atoms with Gasteiger partial charge in [0.25, 0.3) is 0 Å². The number of benzene rings is 2. The topological polar surface area (TPSA) is 0 Å². The van der Waals surface area contributed by atoms with Crippen molar-refractivity contribution in [1.29, 1.82) is 0 Å². The Balaban J connectivity index is 2.21. The third kappa shape index (κ3) is 3.85. The monoisotopic (exact) mass is 304 g/mol. The molecule has 0 heterocycles. The molecule has 0 aliphatic heterocycles. The van der Waals surface area contributed by atoms with Crippen LogP contribution >= 0.6 is 11.6 Å². The summed E-state index contributed by atoms with van der Waals surface area (Å²) in [6.45, 7) is 8.20. The standard InChI is InChI=1S/C19H22ClF/c1-13(15-7-5-6-8-17(15)20)11-14-9-10-16(18(21)12-14)19(2,3)4/h5-10,12-13H,11H2,1-4H3. The third-order valence-electron chi connectivity index (χ3n) is 3.82. The fourth-order valence-corrected chi connectivity index (χ4v) is 2.95. The van der Waals surface area contributed by atoms with Gasteiger partial charge in [-0.2, -0.15) is 0 Å². The van der Waals surface area contributed by atoms with Crippen molar-refractivity contribution in [2.75, 3.05) is 0 Å². The van der Waals surface area contributed by atoms with Crippen LogP contribution in [-0.4, -0.2) is 0 Å². The van der Waals surface area contributed by atoms with E-state index < -0.39 is 0 Å². The molecule has 1 atom stereocenters. The highest BCUT2D eigenvalue weighted by Gasteiger charge is 2.19. The molecular formula is C19H22ClF. The minimum atomic E-state index is -0.170. The molecule has 0 N–H and O–H groups in total. The lowest BCUT2D eigenvalue weighted by Crippen LogP contribution is -2.14. The zero-order valence-electron chi connectivity index (χ0n) is 13.1. The second kappa shape index (κ2) is 6.19. The molecule has 112 valence electrons. The lowest BCUT2D eigenvalue weighted by atomic mass is 9.85. The van der Waals surface area contributed by atoms with Crippen molar-refractivity contribution in [2.24, 2.45) is 0 Å². The zero-order valence-corrected chi connectivity index (χ0v) is 13.8. The molecule has 0 bridgehead atoms.